The van der Waals surface area contributed by atoms with Crippen LogP contribution in [0.25, 0.3) is 0 Å². The van der Waals surface area contributed by atoms with Crippen LogP contribution in [0, 0.1) is 6.92 Å². The first-order chi connectivity index (χ1) is 5.74. The van der Waals surface area contributed by atoms with Crippen LogP contribution in [0.5, 0.6) is 5.75 Å². The smallest absolute Gasteiger partial charge is 1.00 e. The maximum absolute atomic E-state index is 9.46. The molecular weight excluding hydrogens is 171 g/mol. The second kappa shape index (κ2) is 6.47. The third-order valence-corrected chi connectivity index (χ3v) is 2.03. The van der Waals surface area contributed by atoms with Gasteiger partial charge in [0.05, 0.1) is 0 Å². The van der Waals surface area contributed by atoms with Crippen molar-refractivity contribution in [2.24, 2.45) is 0 Å². The predicted molar refractivity (Wildman–Crippen MR) is 52.6 cm³/mol. The van der Waals surface area contributed by atoms with Gasteiger partial charge in [0.25, 0.3) is 0 Å². The van der Waals surface area contributed by atoms with E-state index in [-0.39, 0.29) is 31.0 Å². The summed E-state index contributed by atoms with van der Waals surface area (Å²) < 4.78 is 0. The van der Waals surface area contributed by atoms with Crippen molar-refractivity contribution in [3.05, 3.63) is 29.3 Å². The number of aryl methyl sites for hydroxylation is 2. The Morgan fingerprint density at radius 1 is 1.38 bits per heavy atom. The van der Waals surface area contributed by atoms with E-state index in [1.165, 1.54) is 12.0 Å². The molecule has 0 aliphatic carbocycles. The molecule has 0 bridgehead atoms. The van der Waals surface area contributed by atoms with E-state index in [0.29, 0.717) is 5.75 Å². The minimum Gasteiger partial charge on any atom is -1.00 e. The van der Waals surface area contributed by atoms with Crippen molar-refractivity contribution in [2.75, 3.05) is 0 Å². The van der Waals surface area contributed by atoms with Crippen LogP contribution in [0.4, 0.5) is 0 Å². The summed E-state index contributed by atoms with van der Waals surface area (Å²) in [5, 5.41) is 9.46. The van der Waals surface area contributed by atoms with Crippen molar-refractivity contribution in [3.63, 3.8) is 0 Å². The molecule has 0 fully saturated rings. The third-order valence-electron chi connectivity index (χ3n) is 2.03. The van der Waals surface area contributed by atoms with E-state index in [9.17, 15) is 5.11 Å². The van der Waals surface area contributed by atoms with Crippen LogP contribution in [0.3, 0.4) is 0 Å². The fourth-order valence-electron chi connectivity index (χ4n) is 1.28. The summed E-state index contributed by atoms with van der Waals surface area (Å²) >= 11 is 0. The molecule has 0 atom stereocenters. The Bertz CT molecular complexity index is 263. The number of aromatic hydroxyl groups is 1. The Kier molecular flexibility index (Phi) is 6.48. The number of phenolic OH excluding ortho intramolecular Hbond substituents is 1. The number of hydrogen-bond acceptors (Lipinski definition) is 1. The standard InChI is InChI=1S/C11H16O.Na.H/c1-3-4-5-10-8-9(2)6-7-11(10)12;;/h6-8,12H,3-5H2,1-2H3;;/q;+1;-1. The van der Waals surface area contributed by atoms with Gasteiger partial charge in [0, 0.05) is 0 Å². The Morgan fingerprint density at radius 3 is 2.69 bits per heavy atom. The summed E-state index contributed by atoms with van der Waals surface area (Å²) in [4.78, 5) is 0. The molecule has 0 amide bonds. The monoisotopic (exact) mass is 188 g/mol. The van der Waals surface area contributed by atoms with Crippen LogP contribution in [-0.2, 0) is 6.42 Å². The first-order valence-corrected chi connectivity index (χ1v) is 4.52. The van der Waals surface area contributed by atoms with E-state index in [2.05, 4.69) is 19.9 Å². The molecule has 1 aromatic rings. The molecule has 0 saturated heterocycles. The SMILES string of the molecule is CCCCc1cc(C)ccc1O.[H-].[Na+]. The van der Waals surface area contributed by atoms with E-state index in [1.807, 2.05) is 6.07 Å². The molecule has 0 spiro atoms. The summed E-state index contributed by atoms with van der Waals surface area (Å²) in [6.07, 6.45) is 3.31. The Balaban J connectivity index is 0. The van der Waals surface area contributed by atoms with Gasteiger partial charge in [0.1, 0.15) is 5.75 Å². The average Bonchev–Trinajstić information content (AvgIpc) is 2.07. The molecule has 0 aromatic heterocycles. The molecule has 1 N–H and O–H groups in total. The van der Waals surface area contributed by atoms with Crippen LogP contribution in [0.15, 0.2) is 18.2 Å². The minimum absolute atomic E-state index is 0. The Morgan fingerprint density at radius 2 is 2.08 bits per heavy atom. The van der Waals surface area contributed by atoms with Crippen LogP contribution < -0.4 is 29.6 Å². The van der Waals surface area contributed by atoms with Gasteiger partial charge >= 0.3 is 29.6 Å². The molecule has 2 heteroatoms. The van der Waals surface area contributed by atoms with Crippen molar-refractivity contribution in [1.82, 2.24) is 0 Å². The number of unbranched alkanes of at least 4 members (excludes halogenated alkanes) is 1. The maximum atomic E-state index is 9.46. The molecule has 1 nitrogen and oxygen atoms in total. The molecular formula is C11H17NaO. The average molecular weight is 188 g/mol. The van der Waals surface area contributed by atoms with Crippen molar-refractivity contribution >= 4 is 0 Å². The molecule has 1 aromatic carbocycles. The largest absolute Gasteiger partial charge is 1.00 e. The quantitative estimate of drug-likeness (QED) is 0.670. The summed E-state index contributed by atoms with van der Waals surface area (Å²) in [5.74, 6) is 0.439. The Labute approximate surface area is 104 Å². The molecule has 0 aliphatic heterocycles. The van der Waals surface area contributed by atoms with Gasteiger partial charge < -0.3 is 6.53 Å². The zero-order chi connectivity index (χ0) is 8.97. The van der Waals surface area contributed by atoms with Crippen LogP contribution in [0.1, 0.15) is 32.3 Å². The minimum atomic E-state index is 0. The summed E-state index contributed by atoms with van der Waals surface area (Å²) in [6.45, 7) is 4.21. The molecule has 1 rings (SSSR count). The third kappa shape index (κ3) is 4.17. The van der Waals surface area contributed by atoms with Gasteiger partial charge in [-0.3, -0.25) is 0 Å². The number of rotatable bonds is 3. The molecule has 0 heterocycles. The molecule has 0 radical (unpaired) electrons. The van der Waals surface area contributed by atoms with E-state index in [0.717, 1.165) is 18.4 Å². The fraction of sp³-hybridized carbons (Fsp3) is 0.455. The van der Waals surface area contributed by atoms with Gasteiger partial charge in [-0.05, 0) is 31.4 Å². The first-order valence-electron chi connectivity index (χ1n) is 4.52. The van der Waals surface area contributed by atoms with Crippen LogP contribution >= 0.6 is 0 Å². The molecule has 0 saturated carbocycles. The van der Waals surface area contributed by atoms with Gasteiger partial charge in [-0.1, -0.05) is 31.0 Å². The first kappa shape index (κ1) is 13.0. The van der Waals surface area contributed by atoms with Gasteiger partial charge in [-0.25, -0.2) is 0 Å². The summed E-state index contributed by atoms with van der Waals surface area (Å²) in [6, 6.07) is 5.77. The summed E-state index contributed by atoms with van der Waals surface area (Å²) in [7, 11) is 0. The van der Waals surface area contributed by atoms with Crippen LogP contribution in [0.2, 0.25) is 0 Å². The van der Waals surface area contributed by atoms with Gasteiger partial charge in [0.15, 0.2) is 0 Å². The summed E-state index contributed by atoms with van der Waals surface area (Å²) in [5.41, 5.74) is 2.30. The van der Waals surface area contributed by atoms with Gasteiger partial charge in [-0.15, -0.1) is 0 Å². The number of hydrogen-bond donors (Lipinski definition) is 1. The molecule has 0 aliphatic rings. The normalized spacial score (nSPS) is 9.38. The fourth-order valence-corrected chi connectivity index (χ4v) is 1.28. The molecule has 68 valence electrons. The van der Waals surface area contributed by atoms with E-state index in [4.69, 9.17) is 0 Å². The topological polar surface area (TPSA) is 20.2 Å². The molecule has 13 heavy (non-hydrogen) atoms. The predicted octanol–water partition coefficient (Wildman–Crippen LogP) is 0.160. The van der Waals surface area contributed by atoms with E-state index >= 15 is 0 Å². The van der Waals surface area contributed by atoms with E-state index < -0.39 is 0 Å². The zero-order valence-corrected chi connectivity index (χ0v) is 10.8. The van der Waals surface area contributed by atoms with Gasteiger partial charge in [-0.2, -0.15) is 0 Å². The van der Waals surface area contributed by atoms with Crippen molar-refractivity contribution < 1.29 is 36.1 Å². The van der Waals surface area contributed by atoms with Gasteiger partial charge in [0.2, 0.25) is 0 Å². The number of phenols is 1. The van der Waals surface area contributed by atoms with E-state index in [1.54, 1.807) is 6.07 Å². The number of benzene rings is 1. The molecule has 0 unspecified atom stereocenters. The van der Waals surface area contributed by atoms with Crippen molar-refractivity contribution in [1.29, 1.82) is 0 Å². The second-order valence-corrected chi connectivity index (χ2v) is 3.24. The van der Waals surface area contributed by atoms with Crippen molar-refractivity contribution in [3.8, 4) is 5.75 Å². The maximum Gasteiger partial charge on any atom is 1.00 e. The zero-order valence-electron chi connectivity index (χ0n) is 9.80. The Hall–Kier alpha value is 0.0200. The van der Waals surface area contributed by atoms with Crippen LogP contribution in [-0.4, -0.2) is 5.11 Å². The van der Waals surface area contributed by atoms with Crippen molar-refractivity contribution in [2.45, 2.75) is 33.1 Å². The second-order valence-electron chi connectivity index (χ2n) is 3.24.